The Bertz CT molecular complexity index is 455. The van der Waals surface area contributed by atoms with Crippen molar-refractivity contribution in [1.29, 1.82) is 0 Å². The first-order chi connectivity index (χ1) is 8.99. The van der Waals surface area contributed by atoms with Gasteiger partial charge in [0.05, 0.1) is 6.61 Å². The van der Waals surface area contributed by atoms with E-state index in [1.807, 2.05) is 6.92 Å². The van der Waals surface area contributed by atoms with Crippen LogP contribution in [0, 0.1) is 11.8 Å². The topological polar surface area (TPSA) is 9.23 Å². The third-order valence-electron chi connectivity index (χ3n) is 3.03. The van der Waals surface area contributed by atoms with Crippen molar-refractivity contribution in [2.24, 2.45) is 0 Å². The number of ether oxygens (including phenoxy) is 1. The highest BCUT2D eigenvalue weighted by atomic mass is 16.5. The average molecular weight is 258 g/mol. The normalized spacial score (nSPS) is 10.8. The molecule has 0 radical (unpaired) electrons. The zero-order valence-corrected chi connectivity index (χ0v) is 13.0. The Morgan fingerprint density at radius 3 is 2.53 bits per heavy atom. The van der Waals surface area contributed by atoms with Gasteiger partial charge in [0, 0.05) is 6.42 Å². The summed E-state index contributed by atoms with van der Waals surface area (Å²) in [5.41, 5.74) is 2.75. The minimum Gasteiger partial charge on any atom is -0.493 e. The molecule has 0 N–H and O–H groups in total. The Balaban J connectivity index is 2.97. The van der Waals surface area contributed by atoms with Gasteiger partial charge >= 0.3 is 0 Å². The van der Waals surface area contributed by atoms with Gasteiger partial charge in [-0.05, 0) is 42.4 Å². The van der Waals surface area contributed by atoms with Gasteiger partial charge in [-0.15, -0.1) is 11.8 Å². The van der Waals surface area contributed by atoms with Crippen LogP contribution in [0.2, 0.25) is 0 Å². The van der Waals surface area contributed by atoms with E-state index in [1.165, 1.54) is 11.1 Å². The van der Waals surface area contributed by atoms with Crippen LogP contribution in [0.4, 0.5) is 0 Å². The van der Waals surface area contributed by atoms with Crippen LogP contribution in [-0.4, -0.2) is 6.61 Å². The van der Waals surface area contributed by atoms with E-state index < -0.39 is 0 Å². The smallest absolute Gasteiger partial charge is 0.123 e. The van der Waals surface area contributed by atoms with Gasteiger partial charge < -0.3 is 4.74 Å². The van der Waals surface area contributed by atoms with Crippen molar-refractivity contribution in [3.05, 3.63) is 29.3 Å². The molecule has 1 aromatic rings. The zero-order valence-electron chi connectivity index (χ0n) is 13.0. The summed E-state index contributed by atoms with van der Waals surface area (Å²) in [6, 6.07) is 6.56. The second kappa shape index (κ2) is 7.24. The number of hydrogen-bond acceptors (Lipinski definition) is 1. The third-order valence-corrected chi connectivity index (χ3v) is 3.03. The maximum atomic E-state index is 5.87. The molecule has 0 fully saturated rings. The highest BCUT2D eigenvalue weighted by molar-refractivity contribution is 5.41. The number of rotatable bonds is 5. The fourth-order valence-electron chi connectivity index (χ4n) is 1.99. The molecular weight excluding hydrogens is 232 g/mol. The Hall–Kier alpha value is -1.42. The molecule has 0 aliphatic rings. The molecule has 1 heteroatoms. The molecule has 0 bridgehead atoms. The van der Waals surface area contributed by atoms with Crippen molar-refractivity contribution in [2.45, 2.75) is 59.3 Å². The fraction of sp³-hybridized carbons (Fsp3) is 0.556. The summed E-state index contributed by atoms with van der Waals surface area (Å²) in [5.74, 6) is 7.10. The standard InChI is InChI=1S/C18H26O/c1-6-8-9-10-15-11-12-17(19-13-7-2)16(14-15)18(3,4)5/h11-12,14H,7,9-10,13H2,1-5H3. The highest BCUT2D eigenvalue weighted by Crippen LogP contribution is 2.32. The Kier molecular flexibility index (Phi) is 5.96. The summed E-state index contributed by atoms with van der Waals surface area (Å²) in [7, 11) is 0. The molecule has 0 aromatic heterocycles. The van der Waals surface area contributed by atoms with E-state index in [1.54, 1.807) is 0 Å². The maximum Gasteiger partial charge on any atom is 0.123 e. The molecule has 0 unspecified atom stereocenters. The van der Waals surface area contributed by atoms with Gasteiger partial charge in [-0.2, -0.15) is 0 Å². The molecule has 0 atom stereocenters. The fourth-order valence-corrected chi connectivity index (χ4v) is 1.99. The number of benzene rings is 1. The van der Waals surface area contributed by atoms with Gasteiger partial charge in [0.25, 0.3) is 0 Å². The van der Waals surface area contributed by atoms with Gasteiger partial charge in [-0.3, -0.25) is 0 Å². The molecule has 0 heterocycles. The molecule has 0 saturated heterocycles. The van der Waals surface area contributed by atoms with Crippen molar-refractivity contribution in [1.82, 2.24) is 0 Å². The van der Waals surface area contributed by atoms with E-state index in [9.17, 15) is 0 Å². The van der Waals surface area contributed by atoms with E-state index in [-0.39, 0.29) is 5.41 Å². The molecule has 1 aromatic carbocycles. The quantitative estimate of drug-likeness (QED) is 0.694. The van der Waals surface area contributed by atoms with Crippen molar-refractivity contribution in [3.63, 3.8) is 0 Å². The molecular formula is C18H26O. The Morgan fingerprint density at radius 1 is 1.21 bits per heavy atom. The van der Waals surface area contributed by atoms with Crippen LogP contribution in [0.15, 0.2) is 18.2 Å². The Labute approximate surface area is 118 Å². The van der Waals surface area contributed by atoms with Crippen molar-refractivity contribution in [3.8, 4) is 17.6 Å². The molecule has 0 spiro atoms. The summed E-state index contributed by atoms with van der Waals surface area (Å²) in [4.78, 5) is 0. The summed E-state index contributed by atoms with van der Waals surface area (Å²) in [5, 5.41) is 0. The van der Waals surface area contributed by atoms with E-state index in [0.717, 1.165) is 31.6 Å². The second-order valence-electron chi connectivity index (χ2n) is 5.86. The predicted octanol–water partition coefficient (Wildman–Crippen LogP) is 4.73. The SMILES string of the molecule is CC#CCCc1ccc(OCCC)c(C(C)(C)C)c1. The molecule has 0 aliphatic carbocycles. The van der Waals surface area contributed by atoms with E-state index in [2.05, 4.69) is 57.7 Å². The van der Waals surface area contributed by atoms with Crippen molar-refractivity contribution < 1.29 is 4.74 Å². The monoisotopic (exact) mass is 258 g/mol. The minimum absolute atomic E-state index is 0.107. The first-order valence-electron chi connectivity index (χ1n) is 7.15. The summed E-state index contributed by atoms with van der Waals surface area (Å²) < 4.78 is 5.87. The van der Waals surface area contributed by atoms with Crippen LogP contribution in [0.1, 0.15) is 58.6 Å². The molecule has 104 valence electrons. The largest absolute Gasteiger partial charge is 0.493 e. The molecule has 19 heavy (non-hydrogen) atoms. The molecule has 0 amide bonds. The lowest BCUT2D eigenvalue weighted by Crippen LogP contribution is -2.14. The summed E-state index contributed by atoms with van der Waals surface area (Å²) in [6.07, 6.45) is 2.98. The third kappa shape index (κ3) is 4.99. The average Bonchev–Trinajstić information content (AvgIpc) is 2.36. The molecule has 1 nitrogen and oxygen atoms in total. The van der Waals surface area contributed by atoms with Crippen molar-refractivity contribution in [2.75, 3.05) is 6.61 Å². The number of hydrogen-bond donors (Lipinski definition) is 0. The van der Waals surface area contributed by atoms with Crippen molar-refractivity contribution >= 4 is 0 Å². The van der Waals surface area contributed by atoms with Gasteiger partial charge in [-0.1, -0.05) is 39.8 Å². The van der Waals surface area contributed by atoms with Crippen LogP contribution in [-0.2, 0) is 11.8 Å². The summed E-state index contributed by atoms with van der Waals surface area (Å²) >= 11 is 0. The molecule has 0 saturated carbocycles. The van der Waals surface area contributed by atoms with Crippen LogP contribution >= 0.6 is 0 Å². The Morgan fingerprint density at radius 2 is 1.95 bits per heavy atom. The van der Waals surface area contributed by atoms with Gasteiger partial charge in [0.1, 0.15) is 5.75 Å². The predicted molar refractivity (Wildman–Crippen MR) is 82.7 cm³/mol. The van der Waals surface area contributed by atoms with E-state index in [0.29, 0.717) is 0 Å². The molecule has 0 aliphatic heterocycles. The van der Waals surface area contributed by atoms with E-state index in [4.69, 9.17) is 4.74 Å². The molecule has 1 rings (SSSR count). The number of aryl methyl sites for hydroxylation is 1. The highest BCUT2D eigenvalue weighted by Gasteiger charge is 2.19. The maximum absolute atomic E-state index is 5.87. The van der Waals surface area contributed by atoms with E-state index >= 15 is 0 Å². The van der Waals surface area contributed by atoms with Crippen LogP contribution in [0.25, 0.3) is 0 Å². The zero-order chi connectivity index (χ0) is 14.3. The lowest BCUT2D eigenvalue weighted by atomic mass is 9.85. The van der Waals surface area contributed by atoms with Gasteiger partial charge in [0.15, 0.2) is 0 Å². The lowest BCUT2D eigenvalue weighted by Gasteiger charge is -2.23. The minimum atomic E-state index is 0.107. The van der Waals surface area contributed by atoms with Gasteiger partial charge in [0.2, 0.25) is 0 Å². The first-order valence-corrected chi connectivity index (χ1v) is 7.15. The van der Waals surface area contributed by atoms with Crippen LogP contribution in [0.5, 0.6) is 5.75 Å². The van der Waals surface area contributed by atoms with Crippen LogP contribution < -0.4 is 4.74 Å². The van der Waals surface area contributed by atoms with Crippen LogP contribution in [0.3, 0.4) is 0 Å². The second-order valence-corrected chi connectivity index (χ2v) is 5.86. The first kappa shape index (κ1) is 15.6. The van der Waals surface area contributed by atoms with Gasteiger partial charge in [-0.25, -0.2) is 0 Å². The lowest BCUT2D eigenvalue weighted by molar-refractivity contribution is 0.308. The summed E-state index contributed by atoms with van der Waals surface area (Å²) in [6.45, 7) is 11.5.